The Morgan fingerprint density at radius 1 is 1.23 bits per heavy atom. The molecule has 22 heavy (non-hydrogen) atoms. The predicted molar refractivity (Wildman–Crippen MR) is 89.8 cm³/mol. The van der Waals surface area contributed by atoms with Gasteiger partial charge in [-0.1, -0.05) is 44.4 Å². The van der Waals surface area contributed by atoms with E-state index in [1.807, 2.05) is 32.0 Å². The number of carbonyl (C=O) groups excluding carboxylic acids is 1. The molecule has 0 saturated heterocycles. The molecule has 0 aliphatic heterocycles. The van der Waals surface area contributed by atoms with Crippen LogP contribution in [-0.4, -0.2) is 19.0 Å². The minimum absolute atomic E-state index is 0.342. The lowest BCUT2D eigenvalue weighted by molar-refractivity contribution is 0.0407. The minimum Gasteiger partial charge on any atom is -0.307 e. The number of unbranched alkanes of at least 4 members (excludes halogenated alkanes) is 3. The van der Waals surface area contributed by atoms with Crippen molar-refractivity contribution in [3.63, 3.8) is 0 Å². The second kappa shape index (κ2) is 10.6. The zero-order chi connectivity index (χ0) is 16.2. The molecular weight excluding hydrogens is 280 g/mol. The average Bonchev–Trinajstić information content (AvgIpc) is 2.49. The quantitative estimate of drug-likeness (QED) is 0.283. The molecule has 1 aromatic carbocycles. The number of nitrogens with one attached hydrogen (secondary N) is 3. The number of anilines is 1. The first-order chi connectivity index (χ1) is 10.6. The third-order valence-corrected chi connectivity index (χ3v) is 3.20. The standard InChI is InChI=1S/C16H26N4O2/c1-4-5-6-7-11-22-20-18-12-17-16(21)19-15-13(2)9-8-10-14(15)3/h8-10,12,20H,4-7,11H2,1-3H3,(H2,17,18,19,21). The van der Waals surface area contributed by atoms with Crippen LogP contribution in [0.25, 0.3) is 0 Å². The number of para-hydroxylation sites is 1. The van der Waals surface area contributed by atoms with E-state index in [1.54, 1.807) is 0 Å². The number of nitrogens with zero attached hydrogens (tertiary/aromatic N) is 1. The Morgan fingerprint density at radius 3 is 2.64 bits per heavy atom. The molecule has 2 amide bonds. The first kappa shape index (κ1) is 18.0. The van der Waals surface area contributed by atoms with Crippen molar-refractivity contribution in [1.29, 1.82) is 0 Å². The zero-order valence-electron chi connectivity index (χ0n) is 13.6. The topological polar surface area (TPSA) is 74.8 Å². The van der Waals surface area contributed by atoms with Crippen molar-refractivity contribution >= 4 is 18.1 Å². The van der Waals surface area contributed by atoms with Gasteiger partial charge in [0.05, 0.1) is 6.61 Å². The maximum atomic E-state index is 11.7. The van der Waals surface area contributed by atoms with Crippen LogP contribution < -0.4 is 16.2 Å². The van der Waals surface area contributed by atoms with Crippen molar-refractivity contribution in [3.05, 3.63) is 29.3 Å². The van der Waals surface area contributed by atoms with Gasteiger partial charge in [0.1, 0.15) is 6.34 Å². The van der Waals surface area contributed by atoms with E-state index in [2.05, 4.69) is 28.2 Å². The van der Waals surface area contributed by atoms with Gasteiger partial charge < -0.3 is 5.32 Å². The largest absolute Gasteiger partial charge is 0.324 e. The van der Waals surface area contributed by atoms with Gasteiger partial charge >= 0.3 is 6.03 Å². The van der Waals surface area contributed by atoms with Crippen LogP contribution in [0, 0.1) is 13.8 Å². The Kier molecular flexibility index (Phi) is 8.67. The lowest BCUT2D eigenvalue weighted by atomic mass is 10.1. The van der Waals surface area contributed by atoms with E-state index in [0.29, 0.717) is 6.61 Å². The molecule has 0 radical (unpaired) electrons. The van der Waals surface area contributed by atoms with Crippen LogP contribution in [-0.2, 0) is 4.84 Å². The van der Waals surface area contributed by atoms with Gasteiger partial charge in [-0.3, -0.25) is 10.2 Å². The van der Waals surface area contributed by atoms with Crippen LogP contribution in [0.2, 0.25) is 0 Å². The van der Waals surface area contributed by atoms with Crippen LogP contribution >= 0.6 is 0 Å². The summed E-state index contributed by atoms with van der Waals surface area (Å²) in [6.45, 7) is 6.67. The Bertz CT molecular complexity index is 469. The van der Waals surface area contributed by atoms with Crippen molar-refractivity contribution in [2.45, 2.75) is 46.5 Å². The second-order valence-corrected chi connectivity index (χ2v) is 5.12. The summed E-state index contributed by atoms with van der Waals surface area (Å²) in [5.74, 6) is 0. The summed E-state index contributed by atoms with van der Waals surface area (Å²) in [4.78, 5) is 16.8. The smallest absolute Gasteiger partial charge is 0.307 e. The number of hydrogen-bond donors (Lipinski definition) is 3. The van der Waals surface area contributed by atoms with Gasteiger partial charge in [0, 0.05) is 5.69 Å². The Labute approximate surface area is 132 Å². The molecule has 0 atom stereocenters. The van der Waals surface area contributed by atoms with Gasteiger partial charge in [-0.05, 0) is 31.4 Å². The molecule has 0 saturated carbocycles. The highest BCUT2D eigenvalue weighted by atomic mass is 16.7. The van der Waals surface area contributed by atoms with Crippen molar-refractivity contribution in [1.82, 2.24) is 10.9 Å². The van der Waals surface area contributed by atoms with Crippen LogP contribution in [0.15, 0.2) is 23.3 Å². The number of hydrogen-bond acceptors (Lipinski definition) is 4. The summed E-state index contributed by atoms with van der Waals surface area (Å²) >= 11 is 0. The fourth-order valence-corrected chi connectivity index (χ4v) is 1.96. The normalized spacial score (nSPS) is 10.7. The summed E-state index contributed by atoms with van der Waals surface area (Å²) in [5, 5.41) is 9.05. The third-order valence-electron chi connectivity index (χ3n) is 3.20. The molecule has 1 rings (SSSR count). The van der Waals surface area contributed by atoms with Crippen LogP contribution in [0.5, 0.6) is 0 Å². The minimum atomic E-state index is -0.342. The number of urea groups is 1. The second-order valence-electron chi connectivity index (χ2n) is 5.12. The van der Waals surface area contributed by atoms with Gasteiger partial charge in [0.2, 0.25) is 0 Å². The van der Waals surface area contributed by atoms with Crippen LogP contribution in [0.4, 0.5) is 10.5 Å². The molecule has 0 aliphatic rings. The number of hydrazone groups is 1. The highest BCUT2D eigenvalue weighted by molar-refractivity contribution is 5.97. The summed E-state index contributed by atoms with van der Waals surface area (Å²) in [6, 6.07) is 5.51. The van der Waals surface area contributed by atoms with Crippen molar-refractivity contribution < 1.29 is 9.63 Å². The maximum Gasteiger partial charge on any atom is 0.324 e. The van der Waals surface area contributed by atoms with E-state index in [0.717, 1.165) is 29.7 Å². The zero-order valence-corrected chi connectivity index (χ0v) is 13.6. The molecule has 0 heterocycles. The molecule has 0 bridgehead atoms. The predicted octanol–water partition coefficient (Wildman–Crippen LogP) is 3.47. The van der Waals surface area contributed by atoms with Crippen molar-refractivity contribution in [2.24, 2.45) is 5.10 Å². The summed E-state index contributed by atoms with van der Waals surface area (Å²) in [6.07, 6.45) is 5.82. The van der Waals surface area contributed by atoms with E-state index in [-0.39, 0.29) is 6.03 Å². The van der Waals surface area contributed by atoms with Crippen LogP contribution in [0.3, 0.4) is 0 Å². The summed E-state index contributed by atoms with van der Waals surface area (Å²) < 4.78 is 0. The molecule has 0 unspecified atom stereocenters. The first-order valence-corrected chi connectivity index (χ1v) is 7.67. The van der Waals surface area contributed by atoms with Gasteiger partial charge in [0.25, 0.3) is 0 Å². The van der Waals surface area contributed by atoms with E-state index < -0.39 is 0 Å². The highest BCUT2D eigenvalue weighted by Crippen LogP contribution is 2.18. The van der Waals surface area contributed by atoms with Gasteiger partial charge in [-0.25, -0.2) is 4.79 Å². The lowest BCUT2D eigenvalue weighted by Crippen LogP contribution is -2.29. The van der Waals surface area contributed by atoms with Crippen LogP contribution in [0.1, 0.15) is 43.7 Å². The fourth-order valence-electron chi connectivity index (χ4n) is 1.96. The summed E-state index contributed by atoms with van der Waals surface area (Å²) in [5.41, 5.74) is 5.27. The lowest BCUT2D eigenvalue weighted by Gasteiger charge is -2.10. The van der Waals surface area contributed by atoms with E-state index in [9.17, 15) is 4.79 Å². The number of rotatable bonds is 9. The SMILES string of the molecule is CCCCCCONN=CNC(=O)Nc1c(C)cccc1C. The molecule has 6 heteroatoms. The molecule has 3 N–H and O–H groups in total. The van der Waals surface area contributed by atoms with E-state index in [1.165, 1.54) is 19.2 Å². The number of carbonyl (C=O) groups is 1. The Morgan fingerprint density at radius 2 is 1.95 bits per heavy atom. The first-order valence-electron chi connectivity index (χ1n) is 7.67. The molecule has 122 valence electrons. The third kappa shape index (κ3) is 7.08. The number of benzene rings is 1. The average molecular weight is 306 g/mol. The number of amides is 2. The van der Waals surface area contributed by atoms with E-state index >= 15 is 0 Å². The van der Waals surface area contributed by atoms with Crippen molar-refractivity contribution in [3.8, 4) is 0 Å². The highest BCUT2D eigenvalue weighted by Gasteiger charge is 2.05. The molecule has 0 spiro atoms. The van der Waals surface area contributed by atoms with Crippen molar-refractivity contribution in [2.75, 3.05) is 11.9 Å². The molecule has 0 aromatic heterocycles. The molecule has 1 aromatic rings. The van der Waals surface area contributed by atoms with Gasteiger partial charge in [0.15, 0.2) is 0 Å². The molecular formula is C16H26N4O2. The molecule has 0 aliphatic carbocycles. The Balaban J connectivity index is 2.19. The van der Waals surface area contributed by atoms with Gasteiger partial charge in [-0.2, -0.15) is 5.59 Å². The Hall–Kier alpha value is -2.08. The molecule has 0 fully saturated rings. The van der Waals surface area contributed by atoms with Gasteiger partial charge in [-0.15, -0.1) is 5.10 Å². The number of aryl methyl sites for hydroxylation is 2. The molecule has 6 nitrogen and oxygen atoms in total. The van der Waals surface area contributed by atoms with E-state index in [4.69, 9.17) is 4.84 Å². The maximum absolute atomic E-state index is 11.7. The fraction of sp³-hybridized carbons (Fsp3) is 0.500. The monoisotopic (exact) mass is 306 g/mol. The summed E-state index contributed by atoms with van der Waals surface area (Å²) in [7, 11) is 0.